The molecule has 19 heavy (non-hydrogen) atoms. The first-order valence-corrected chi connectivity index (χ1v) is 6.61. The molecule has 0 radical (unpaired) electrons. The summed E-state index contributed by atoms with van der Waals surface area (Å²) in [6.45, 7) is 4.64. The van der Waals surface area contributed by atoms with Crippen LogP contribution in [0.25, 0.3) is 10.9 Å². The van der Waals surface area contributed by atoms with Crippen LogP contribution in [0.1, 0.15) is 16.1 Å². The Morgan fingerprint density at radius 1 is 1.21 bits per heavy atom. The van der Waals surface area contributed by atoms with Crippen molar-refractivity contribution >= 4 is 16.8 Å². The lowest BCUT2D eigenvalue weighted by atomic mass is 10.1. The van der Waals surface area contributed by atoms with Gasteiger partial charge in [0.1, 0.15) is 0 Å². The number of morpholine rings is 1. The third kappa shape index (κ3) is 1.92. The second kappa shape index (κ2) is 4.70. The average Bonchev–Trinajstić information content (AvgIpc) is 2.72. The van der Waals surface area contributed by atoms with Crippen LogP contribution in [0.15, 0.2) is 24.3 Å². The van der Waals surface area contributed by atoms with Crippen molar-refractivity contribution in [1.82, 2.24) is 9.47 Å². The molecule has 0 spiro atoms. The number of hydrogen-bond acceptors (Lipinski definition) is 2. The van der Waals surface area contributed by atoms with Gasteiger partial charge >= 0.3 is 0 Å². The molecule has 4 nitrogen and oxygen atoms in total. The molecule has 0 aliphatic carbocycles. The number of fused-ring (bicyclic) bond motifs is 1. The first-order chi connectivity index (χ1) is 9.20. The SMILES string of the molecule is Cc1c(C(=O)N2CCOCC2)c2ccccc2n1C. The van der Waals surface area contributed by atoms with Gasteiger partial charge in [0, 0.05) is 36.7 Å². The number of ether oxygens (including phenoxy) is 1. The molecule has 1 aromatic carbocycles. The summed E-state index contributed by atoms with van der Waals surface area (Å²) >= 11 is 0. The van der Waals surface area contributed by atoms with Gasteiger partial charge in [-0.1, -0.05) is 18.2 Å². The van der Waals surface area contributed by atoms with Gasteiger partial charge in [0.2, 0.25) is 0 Å². The van der Waals surface area contributed by atoms with E-state index in [1.165, 1.54) is 0 Å². The third-order valence-corrected chi connectivity index (χ3v) is 3.91. The van der Waals surface area contributed by atoms with Crippen molar-refractivity contribution < 1.29 is 9.53 Å². The second-order valence-corrected chi connectivity index (χ2v) is 4.94. The first-order valence-electron chi connectivity index (χ1n) is 6.61. The van der Waals surface area contributed by atoms with Crippen LogP contribution in [0, 0.1) is 6.92 Å². The molecule has 0 saturated carbocycles. The van der Waals surface area contributed by atoms with Crippen LogP contribution in [0.3, 0.4) is 0 Å². The van der Waals surface area contributed by atoms with Gasteiger partial charge in [-0.15, -0.1) is 0 Å². The third-order valence-electron chi connectivity index (χ3n) is 3.91. The molecule has 1 amide bonds. The van der Waals surface area contributed by atoms with Crippen LogP contribution in [0.5, 0.6) is 0 Å². The van der Waals surface area contributed by atoms with E-state index in [9.17, 15) is 4.79 Å². The molecule has 1 aromatic heterocycles. The summed E-state index contributed by atoms with van der Waals surface area (Å²) in [5, 5.41) is 1.04. The molecule has 0 N–H and O–H groups in total. The number of rotatable bonds is 1. The number of aromatic nitrogens is 1. The van der Waals surface area contributed by atoms with E-state index < -0.39 is 0 Å². The summed E-state index contributed by atoms with van der Waals surface area (Å²) in [5.41, 5.74) is 2.97. The average molecular weight is 258 g/mol. The van der Waals surface area contributed by atoms with Crippen LogP contribution in [-0.4, -0.2) is 41.7 Å². The Balaban J connectivity index is 2.09. The van der Waals surface area contributed by atoms with E-state index in [0.717, 1.165) is 22.2 Å². The van der Waals surface area contributed by atoms with Crippen molar-refractivity contribution in [2.45, 2.75) is 6.92 Å². The number of amides is 1. The van der Waals surface area contributed by atoms with Crippen molar-refractivity contribution in [3.8, 4) is 0 Å². The molecule has 0 unspecified atom stereocenters. The van der Waals surface area contributed by atoms with Crippen molar-refractivity contribution in [2.24, 2.45) is 7.05 Å². The van der Waals surface area contributed by atoms with Gasteiger partial charge in [-0.3, -0.25) is 4.79 Å². The van der Waals surface area contributed by atoms with E-state index in [2.05, 4.69) is 10.6 Å². The quantitative estimate of drug-likeness (QED) is 0.783. The van der Waals surface area contributed by atoms with E-state index in [1.54, 1.807) is 0 Å². The summed E-state index contributed by atoms with van der Waals surface area (Å²) in [5.74, 6) is 0.123. The standard InChI is InChI=1S/C15H18N2O2/c1-11-14(15(18)17-7-9-19-10-8-17)12-5-3-4-6-13(12)16(11)2/h3-6H,7-10H2,1-2H3. The summed E-state index contributed by atoms with van der Waals surface area (Å²) in [7, 11) is 2.01. The van der Waals surface area contributed by atoms with E-state index in [4.69, 9.17) is 4.74 Å². The molecule has 1 fully saturated rings. The highest BCUT2D eigenvalue weighted by atomic mass is 16.5. The molecule has 3 rings (SSSR count). The van der Waals surface area contributed by atoms with E-state index >= 15 is 0 Å². The van der Waals surface area contributed by atoms with Crippen molar-refractivity contribution in [1.29, 1.82) is 0 Å². The maximum Gasteiger partial charge on any atom is 0.256 e. The molecule has 100 valence electrons. The molecule has 4 heteroatoms. The Hall–Kier alpha value is -1.81. The molecule has 2 aromatic rings. The minimum Gasteiger partial charge on any atom is -0.378 e. The molecular formula is C15H18N2O2. The molecule has 1 aliphatic heterocycles. The van der Waals surface area contributed by atoms with Crippen molar-refractivity contribution in [3.05, 3.63) is 35.5 Å². The molecule has 0 bridgehead atoms. The monoisotopic (exact) mass is 258 g/mol. The topological polar surface area (TPSA) is 34.5 Å². The zero-order chi connectivity index (χ0) is 13.4. The van der Waals surface area contributed by atoms with Gasteiger partial charge < -0.3 is 14.2 Å². The zero-order valence-corrected chi connectivity index (χ0v) is 11.3. The van der Waals surface area contributed by atoms with Crippen molar-refractivity contribution in [3.63, 3.8) is 0 Å². The fourth-order valence-electron chi connectivity index (χ4n) is 2.72. The van der Waals surface area contributed by atoms with Gasteiger partial charge in [0.05, 0.1) is 18.8 Å². The van der Waals surface area contributed by atoms with Gasteiger partial charge in [0.25, 0.3) is 5.91 Å². The lowest BCUT2D eigenvalue weighted by Crippen LogP contribution is -2.40. The second-order valence-electron chi connectivity index (χ2n) is 4.94. The van der Waals surface area contributed by atoms with Gasteiger partial charge in [-0.25, -0.2) is 0 Å². The fourth-order valence-corrected chi connectivity index (χ4v) is 2.72. The van der Waals surface area contributed by atoms with Crippen molar-refractivity contribution in [2.75, 3.05) is 26.3 Å². The minimum absolute atomic E-state index is 0.123. The van der Waals surface area contributed by atoms with Gasteiger partial charge in [-0.05, 0) is 13.0 Å². The van der Waals surface area contributed by atoms with Crippen LogP contribution in [0.4, 0.5) is 0 Å². The smallest absolute Gasteiger partial charge is 0.256 e. The molecule has 2 heterocycles. The summed E-state index contributed by atoms with van der Waals surface area (Å²) < 4.78 is 7.40. The first kappa shape index (κ1) is 12.2. The van der Waals surface area contributed by atoms with E-state index in [1.807, 2.05) is 37.1 Å². The lowest BCUT2D eigenvalue weighted by molar-refractivity contribution is 0.0303. The number of nitrogens with zero attached hydrogens (tertiary/aromatic N) is 2. The van der Waals surface area contributed by atoms with Crippen LogP contribution in [-0.2, 0) is 11.8 Å². The number of para-hydroxylation sites is 1. The van der Waals surface area contributed by atoms with Crippen LogP contribution in [0.2, 0.25) is 0 Å². The number of aryl methyl sites for hydroxylation is 1. The molecular weight excluding hydrogens is 240 g/mol. The molecule has 1 aliphatic rings. The summed E-state index contributed by atoms with van der Waals surface area (Å²) in [6.07, 6.45) is 0. The predicted molar refractivity (Wildman–Crippen MR) is 74.4 cm³/mol. The van der Waals surface area contributed by atoms with Crippen LogP contribution < -0.4 is 0 Å². The molecule has 1 saturated heterocycles. The summed E-state index contributed by atoms with van der Waals surface area (Å²) in [4.78, 5) is 14.6. The van der Waals surface area contributed by atoms with Gasteiger partial charge in [0.15, 0.2) is 0 Å². The highest BCUT2D eigenvalue weighted by molar-refractivity contribution is 6.08. The number of benzene rings is 1. The Morgan fingerprint density at radius 3 is 2.63 bits per heavy atom. The fraction of sp³-hybridized carbons (Fsp3) is 0.400. The minimum atomic E-state index is 0.123. The maximum absolute atomic E-state index is 12.7. The lowest BCUT2D eigenvalue weighted by Gasteiger charge is -2.27. The number of hydrogen-bond donors (Lipinski definition) is 0. The maximum atomic E-state index is 12.7. The van der Waals surface area contributed by atoms with Crippen LogP contribution >= 0.6 is 0 Å². The highest BCUT2D eigenvalue weighted by Crippen LogP contribution is 2.26. The number of carbonyl (C=O) groups excluding carboxylic acids is 1. The Kier molecular flexibility index (Phi) is 3.03. The normalized spacial score (nSPS) is 16.0. The number of carbonyl (C=O) groups is 1. The Labute approximate surface area is 112 Å². The highest BCUT2D eigenvalue weighted by Gasteiger charge is 2.24. The largest absolute Gasteiger partial charge is 0.378 e. The van der Waals surface area contributed by atoms with E-state index in [-0.39, 0.29) is 5.91 Å². The van der Waals surface area contributed by atoms with Gasteiger partial charge in [-0.2, -0.15) is 0 Å². The predicted octanol–water partition coefficient (Wildman–Crippen LogP) is 1.96. The Bertz CT molecular complexity index is 624. The zero-order valence-electron chi connectivity index (χ0n) is 11.3. The summed E-state index contributed by atoms with van der Waals surface area (Å²) in [6, 6.07) is 8.07. The Morgan fingerprint density at radius 2 is 1.89 bits per heavy atom. The van der Waals surface area contributed by atoms with E-state index in [0.29, 0.717) is 26.3 Å². The molecule has 0 atom stereocenters.